The van der Waals surface area contributed by atoms with Crippen LogP contribution in [0.4, 0.5) is 0 Å². The number of ether oxygens (including phenoxy) is 2. The van der Waals surface area contributed by atoms with Gasteiger partial charge in [0.05, 0.1) is 6.61 Å². The fraction of sp³-hybridized carbons (Fsp3) is 0.727. The van der Waals surface area contributed by atoms with E-state index < -0.39 is 0 Å². The van der Waals surface area contributed by atoms with Gasteiger partial charge in [-0.15, -0.1) is 0 Å². The molecular weight excluding hydrogens is 296 g/mol. The summed E-state index contributed by atoms with van der Waals surface area (Å²) in [5, 5.41) is 0. The third-order valence-corrected chi connectivity index (χ3v) is 4.33. The summed E-state index contributed by atoms with van der Waals surface area (Å²) in [6.07, 6.45) is 14.4. The van der Waals surface area contributed by atoms with Gasteiger partial charge < -0.3 is 9.47 Å². The summed E-state index contributed by atoms with van der Waals surface area (Å²) in [7, 11) is 0. The molecule has 0 saturated carbocycles. The minimum atomic E-state index is 0.732. The summed E-state index contributed by atoms with van der Waals surface area (Å²) in [5.41, 5.74) is 1.26. The molecule has 0 atom stereocenters. The Bertz CT molecular complexity index is 350. The zero-order valence-corrected chi connectivity index (χ0v) is 15.8. The highest BCUT2D eigenvalue weighted by Crippen LogP contribution is 2.08. The van der Waals surface area contributed by atoms with Gasteiger partial charge in [-0.1, -0.05) is 82.2 Å². The Morgan fingerprint density at radius 1 is 0.583 bits per heavy atom. The third kappa shape index (κ3) is 13.6. The van der Waals surface area contributed by atoms with Gasteiger partial charge in [-0.05, 0) is 31.2 Å². The van der Waals surface area contributed by atoms with Crippen molar-refractivity contribution in [1.29, 1.82) is 0 Å². The molecule has 0 unspecified atom stereocenters. The van der Waals surface area contributed by atoms with Crippen LogP contribution in [0.15, 0.2) is 30.3 Å². The van der Waals surface area contributed by atoms with Crippen molar-refractivity contribution in [3.8, 4) is 0 Å². The maximum atomic E-state index is 5.71. The van der Waals surface area contributed by atoms with E-state index in [1.54, 1.807) is 0 Å². The lowest BCUT2D eigenvalue weighted by Gasteiger charge is -2.06. The van der Waals surface area contributed by atoms with Crippen molar-refractivity contribution in [3.05, 3.63) is 35.9 Å². The lowest BCUT2D eigenvalue weighted by Crippen LogP contribution is -1.99. The Kier molecular flexibility index (Phi) is 15.0. The molecule has 24 heavy (non-hydrogen) atoms. The van der Waals surface area contributed by atoms with Crippen LogP contribution in [0.3, 0.4) is 0 Å². The molecule has 0 N–H and O–H groups in total. The molecule has 0 heterocycles. The second kappa shape index (κ2) is 17.0. The van der Waals surface area contributed by atoms with Crippen LogP contribution < -0.4 is 0 Å². The van der Waals surface area contributed by atoms with E-state index in [9.17, 15) is 0 Å². The summed E-state index contributed by atoms with van der Waals surface area (Å²) in [6, 6.07) is 10.4. The minimum absolute atomic E-state index is 0.732. The van der Waals surface area contributed by atoms with Gasteiger partial charge in [-0.3, -0.25) is 0 Å². The third-order valence-electron chi connectivity index (χ3n) is 4.33. The first kappa shape index (κ1) is 21.2. The summed E-state index contributed by atoms with van der Waals surface area (Å²) < 4.78 is 11.4. The van der Waals surface area contributed by atoms with Gasteiger partial charge in [-0.2, -0.15) is 0 Å². The predicted octanol–water partition coefficient (Wildman–Crippen LogP) is 6.53. The molecule has 1 aromatic rings. The largest absolute Gasteiger partial charge is 0.381 e. The van der Waals surface area contributed by atoms with Crippen LogP contribution in [0.2, 0.25) is 0 Å². The second-order valence-electron chi connectivity index (χ2n) is 6.69. The SMILES string of the molecule is CCCCCCCCCCOCCCCCOCc1ccccc1. The molecule has 2 nitrogen and oxygen atoms in total. The van der Waals surface area contributed by atoms with Crippen molar-refractivity contribution in [2.45, 2.75) is 84.2 Å². The molecule has 0 aliphatic heterocycles. The summed E-state index contributed by atoms with van der Waals surface area (Å²) in [6.45, 7) is 5.71. The van der Waals surface area contributed by atoms with Crippen molar-refractivity contribution in [3.63, 3.8) is 0 Å². The molecule has 0 aromatic heterocycles. The number of benzene rings is 1. The van der Waals surface area contributed by atoms with E-state index >= 15 is 0 Å². The predicted molar refractivity (Wildman–Crippen MR) is 103 cm³/mol. The van der Waals surface area contributed by atoms with Gasteiger partial charge >= 0.3 is 0 Å². The highest BCUT2D eigenvalue weighted by atomic mass is 16.5. The van der Waals surface area contributed by atoms with Gasteiger partial charge in [0.15, 0.2) is 0 Å². The fourth-order valence-corrected chi connectivity index (χ4v) is 2.79. The standard InChI is InChI=1S/C22H38O2/c1-2-3-4-5-6-7-8-13-18-23-19-14-10-15-20-24-21-22-16-11-9-12-17-22/h9,11-12,16-17H,2-8,10,13-15,18-21H2,1H3. The van der Waals surface area contributed by atoms with Gasteiger partial charge in [-0.25, -0.2) is 0 Å². The molecule has 1 aromatic carbocycles. The molecule has 0 fully saturated rings. The fourth-order valence-electron chi connectivity index (χ4n) is 2.79. The van der Waals surface area contributed by atoms with Crippen molar-refractivity contribution in [2.75, 3.05) is 19.8 Å². The maximum absolute atomic E-state index is 5.71. The van der Waals surface area contributed by atoms with Crippen LogP contribution in [0.1, 0.15) is 83.1 Å². The number of rotatable bonds is 17. The number of hydrogen-bond acceptors (Lipinski definition) is 2. The van der Waals surface area contributed by atoms with Gasteiger partial charge in [0.1, 0.15) is 0 Å². The van der Waals surface area contributed by atoms with Gasteiger partial charge in [0.2, 0.25) is 0 Å². The van der Waals surface area contributed by atoms with E-state index in [2.05, 4.69) is 31.2 Å². The van der Waals surface area contributed by atoms with E-state index in [4.69, 9.17) is 9.47 Å². The Morgan fingerprint density at radius 3 is 1.71 bits per heavy atom. The topological polar surface area (TPSA) is 18.5 Å². The molecule has 2 heteroatoms. The highest BCUT2D eigenvalue weighted by molar-refractivity contribution is 5.13. The first-order valence-electron chi connectivity index (χ1n) is 10.1. The smallest absolute Gasteiger partial charge is 0.0716 e. The van der Waals surface area contributed by atoms with Crippen LogP contribution in [-0.4, -0.2) is 19.8 Å². The zero-order chi connectivity index (χ0) is 17.1. The molecular formula is C22H38O2. The van der Waals surface area contributed by atoms with Gasteiger partial charge in [0, 0.05) is 19.8 Å². The van der Waals surface area contributed by atoms with E-state index in [1.807, 2.05) is 6.07 Å². The first-order chi connectivity index (χ1) is 11.9. The molecule has 0 spiro atoms. The lowest BCUT2D eigenvalue weighted by molar-refractivity contribution is 0.106. The van der Waals surface area contributed by atoms with Crippen molar-refractivity contribution < 1.29 is 9.47 Å². The summed E-state index contributed by atoms with van der Waals surface area (Å²) >= 11 is 0. The monoisotopic (exact) mass is 334 g/mol. The van der Waals surface area contributed by atoms with E-state index in [0.29, 0.717) is 0 Å². The van der Waals surface area contributed by atoms with E-state index in [-0.39, 0.29) is 0 Å². The first-order valence-corrected chi connectivity index (χ1v) is 10.1. The van der Waals surface area contributed by atoms with Crippen LogP contribution in [-0.2, 0) is 16.1 Å². The lowest BCUT2D eigenvalue weighted by atomic mass is 10.1. The van der Waals surface area contributed by atoms with Crippen LogP contribution in [0, 0.1) is 0 Å². The molecule has 0 aliphatic carbocycles. The highest BCUT2D eigenvalue weighted by Gasteiger charge is 1.95. The molecule has 138 valence electrons. The normalized spacial score (nSPS) is 11.0. The Balaban J connectivity index is 1.70. The second-order valence-corrected chi connectivity index (χ2v) is 6.69. The molecule has 0 amide bonds. The summed E-state index contributed by atoms with van der Waals surface area (Å²) in [5.74, 6) is 0. The van der Waals surface area contributed by atoms with Crippen molar-refractivity contribution >= 4 is 0 Å². The van der Waals surface area contributed by atoms with Crippen LogP contribution in [0.5, 0.6) is 0 Å². The van der Waals surface area contributed by atoms with Crippen molar-refractivity contribution in [2.24, 2.45) is 0 Å². The number of unbranched alkanes of at least 4 members (excludes halogenated alkanes) is 9. The Morgan fingerprint density at radius 2 is 1.08 bits per heavy atom. The molecule has 0 saturated heterocycles. The number of hydrogen-bond donors (Lipinski definition) is 0. The van der Waals surface area contributed by atoms with Crippen LogP contribution in [0.25, 0.3) is 0 Å². The molecule has 0 aliphatic rings. The van der Waals surface area contributed by atoms with Crippen molar-refractivity contribution in [1.82, 2.24) is 0 Å². The molecule has 0 radical (unpaired) electrons. The molecule has 0 bridgehead atoms. The Hall–Kier alpha value is -0.860. The average Bonchev–Trinajstić information content (AvgIpc) is 2.62. The quantitative estimate of drug-likeness (QED) is 0.301. The molecule has 1 rings (SSSR count). The van der Waals surface area contributed by atoms with Crippen LogP contribution >= 0.6 is 0 Å². The van der Waals surface area contributed by atoms with Gasteiger partial charge in [0.25, 0.3) is 0 Å². The van der Waals surface area contributed by atoms with E-state index in [1.165, 1.54) is 63.4 Å². The zero-order valence-electron chi connectivity index (χ0n) is 15.8. The minimum Gasteiger partial charge on any atom is -0.381 e. The maximum Gasteiger partial charge on any atom is 0.0716 e. The Labute approximate surface area is 149 Å². The summed E-state index contributed by atoms with van der Waals surface area (Å²) in [4.78, 5) is 0. The average molecular weight is 335 g/mol. The van der Waals surface area contributed by atoms with E-state index in [0.717, 1.165) is 39.3 Å².